The van der Waals surface area contributed by atoms with E-state index in [2.05, 4.69) is 31.2 Å². The number of aryl methyl sites for hydroxylation is 1. The highest BCUT2D eigenvalue weighted by Crippen LogP contribution is 2.33. The lowest BCUT2D eigenvalue weighted by Crippen LogP contribution is -2.08. The molecule has 0 heteroatoms. The van der Waals surface area contributed by atoms with Crippen LogP contribution in [0.2, 0.25) is 0 Å². The van der Waals surface area contributed by atoms with Crippen molar-refractivity contribution in [3.63, 3.8) is 0 Å². The van der Waals surface area contributed by atoms with Gasteiger partial charge >= 0.3 is 0 Å². The topological polar surface area (TPSA) is 0 Å². The van der Waals surface area contributed by atoms with Crippen molar-refractivity contribution in [2.45, 2.75) is 93.9 Å². The molecule has 1 aromatic rings. The number of hydrogen-bond acceptors (Lipinski definition) is 0. The van der Waals surface area contributed by atoms with Gasteiger partial charge in [-0.15, -0.1) is 0 Å². The Morgan fingerprint density at radius 2 is 1.35 bits per heavy atom. The van der Waals surface area contributed by atoms with Crippen molar-refractivity contribution in [2.75, 3.05) is 0 Å². The molecule has 120 valence electrons. The van der Waals surface area contributed by atoms with Crippen molar-refractivity contribution >= 4 is 0 Å². The summed E-state index contributed by atoms with van der Waals surface area (Å²) in [4.78, 5) is 0. The van der Waals surface area contributed by atoms with E-state index in [1.807, 2.05) is 55.4 Å². The molecular formula is C20H40. The summed E-state index contributed by atoms with van der Waals surface area (Å²) >= 11 is 0. The first-order valence-electron chi connectivity index (χ1n) is 8.99. The van der Waals surface area contributed by atoms with Crippen LogP contribution in [0.5, 0.6) is 0 Å². The van der Waals surface area contributed by atoms with E-state index in [-0.39, 0.29) is 0 Å². The van der Waals surface area contributed by atoms with Crippen LogP contribution in [0.1, 0.15) is 98.6 Å². The third-order valence-electron chi connectivity index (χ3n) is 2.99. The third kappa shape index (κ3) is 9.18. The molecule has 0 fully saturated rings. The summed E-state index contributed by atoms with van der Waals surface area (Å²) in [6.45, 7) is 18.3. The van der Waals surface area contributed by atoms with Gasteiger partial charge in [0.25, 0.3) is 0 Å². The molecule has 0 spiro atoms. The van der Waals surface area contributed by atoms with Crippen LogP contribution >= 0.6 is 0 Å². The van der Waals surface area contributed by atoms with Gasteiger partial charge in [0.1, 0.15) is 0 Å². The Morgan fingerprint density at radius 1 is 0.850 bits per heavy atom. The Bertz CT molecular complexity index is 262. The monoisotopic (exact) mass is 280 g/mol. The lowest BCUT2D eigenvalue weighted by molar-refractivity contribution is 0.540. The largest absolute Gasteiger partial charge is 0.0683 e. The van der Waals surface area contributed by atoms with Gasteiger partial charge in [0.05, 0.1) is 0 Å². The second-order valence-electron chi connectivity index (χ2n) is 3.70. The van der Waals surface area contributed by atoms with E-state index in [1.165, 1.54) is 25.7 Å². The van der Waals surface area contributed by atoms with E-state index in [9.17, 15) is 0 Å². The number of fused-ring (bicyclic) bond motifs is 1. The fourth-order valence-corrected chi connectivity index (χ4v) is 2.28. The SMILES string of the molecule is CC.CC.CC.CC.CCC1CCCc2ccccc21. The molecule has 0 aliphatic heterocycles. The predicted octanol–water partition coefficient (Wildman–Crippen LogP) is 7.62. The van der Waals surface area contributed by atoms with E-state index in [4.69, 9.17) is 0 Å². The molecule has 0 saturated heterocycles. The number of hydrogen-bond donors (Lipinski definition) is 0. The Balaban J connectivity index is -0.000000314. The molecule has 1 atom stereocenters. The molecule has 0 radical (unpaired) electrons. The first-order valence-corrected chi connectivity index (χ1v) is 8.99. The molecule has 1 aromatic carbocycles. The lowest BCUT2D eigenvalue weighted by atomic mass is 9.81. The van der Waals surface area contributed by atoms with Crippen LogP contribution in [0.25, 0.3) is 0 Å². The molecule has 0 amide bonds. The van der Waals surface area contributed by atoms with Gasteiger partial charge in [-0.05, 0) is 42.7 Å². The highest BCUT2D eigenvalue weighted by Gasteiger charge is 2.17. The smallest absolute Gasteiger partial charge is 0.0162 e. The molecular weight excluding hydrogens is 240 g/mol. The fourth-order valence-electron chi connectivity index (χ4n) is 2.28. The summed E-state index contributed by atoms with van der Waals surface area (Å²) in [7, 11) is 0. The maximum Gasteiger partial charge on any atom is -0.0162 e. The van der Waals surface area contributed by atoms with Gasteiger partial charge in [0, 0.05) is 0 Å². The Labute approximate surface area is 130 Å². The van der Waals surface area contributed by atoms with Crippen LogP contribution in [0.4, 0.5) is 0 Å². The predicted molar refractivity (Wildman–Crippen MR) is 97.8 cm³/mol. The molecule has 0 heterocycles. The lowest BCUT2D eigenvalue weighted by Gasteiger charge is -2.23. The number of benzene rings is 1. The minimum atomic E-state index is 0.843. The minimum Gasteiger partial charge on any atom is -0.0683 e. The van der Waals surface area contributed by atoms with E-state index in [0.717, 1.165) is 5.92 Å². The summed E-state index contributed by atoms with van der Waals surface area (Å²) in [5.41, 5.74) is 3.21. The average Bonchev–Trinajstić information content (AvgIpc) is 2.61. The Kier molecular flexibility index (Phi) is 24.9. The molecule has 0 aromatic heterocycles. The van der Waals surface area contributed by atoms with Crippen molar-refractivity contribution < 1.29 is 0 Å². The maximum absolute atomic E-state index is 2.31. The molecule has 0 N–H and O–H groups in total. The van der Waals surface area contributed by atoms with E-state index >= 15 is 0 Å². The molecule has 20 heavy (non-hydrogen) atoms. The molecule has 0 bridgehead atoms. The van der Waals surface area contributed by atoms with Crippen molar-refractivity contribution in [3.8, 4) is 0 Å². The van der Waals surface area contributed by atoms with Crippen LogP contribution in [0.3, 0.4) is 0 Å². The Morgan fingerprint density at radius 3 is 1.85 bits per heavy atom. The van der Waals surface area contributed by atoms with Crippen LogP contribution in [-0.2, 0) is 6.42 Å². The Hall–Kier alpha value is -0.780. The second-order valence-corrected chi connectivity index (χ2v) is 3.70. The van der Waals surface area contributed by atoms with Gasteiger partial charge in [-0.3, -0.25) is 0 Å². The summed E-state index contributed by atoms with van der Waals surface area (Å²) in [5, 5.41) is 0. The maximum atomic E-state index is 2.31. The zero-order chi connectivity index (χ0) is 16.4. The van der Waals surface area contributed by atoms with Crippen LogP contribution < -0.4 is 0 Å². The zero-order valence-corrected chi connectivity index (χ0v) is 15.7. The summed E-state index contributed by atoms with van der Waals surface area (Å²) in [5.74, 6) is 0.843. The van der Waals surface area contributed by atoms with Gasteiger partial charge < -0.3 is 0 Å². The second kappa shape index (κ2) is 20.5. The van der Waals surface area contributed by atoms with Crippen LogP contribution in [0, 0.1) is 0 Å². The van der Waals surface area contributed by atoms with E-state index in [0.29, 0.717) is 0 Å². The molecule has 2 rings (SSSR count). The first-order chi connectivity index (χ1) is 9.92. The van der Waals surface area contributed by atoms with Gasteiger partial charge in [-0.25, -0.2) is 0 Å². The molecule has 0 nitrogen and oxygen atoms in total. The molecule has 1 aliphatic carbocycles. The van der Waals surface area contributed by atoms with Crippen LogP contribution in [0.15, 0.2) is 24.3 Å². The normalized spacial score (nSPS) is 14.3. The standard InChI is InChI=1S/C12H16.4C2H6/c1-2-10-7-5-8-11-6-3-4-9-12(10)11;4*1-2/h3-4,6,9-10H,2,5,7-8H2,1H3;4*1-2H3. The van der Waals surface area contributed by atoms with E-state index < -0.39 is 0 Å². The summed E-state index contributed by atoms with van der Waals surface area (Å²) < 4.78 is 0. The van der Waals surface area contributed by atoms with E-state index in [1.54, 1.807) is 11.1 Å². The summed E-state index contributed by atoms with van der Waals surface area (Å²) in [6.07, 6.45) is 5.38. The van der Waals surface area contributed by atoms with Crippen LogP contribution in [-0.4, -0.2) is 0 Å². The average molecular weight is 281 g/mol. The number of rotatable bonds is 1. The fraction of sp³-hybridized carbons (Fsp3) is 0.700. The summed E-state index contributed by atoms with van der Waals surface area (Å²) in [6, 6.07) is 8.93. The molecule has 0 saturated carbocycles. The van der Waals surface area contributed by atoms with Crippen molar-refractivity contribution in [2.24, 2.45) is 0 Å². The zero-order valence-electron chi connectivity index (χ0n) is 15.7. The van der Waals surface area contributed by atoms with Gasteiger partial charge in [0.15, 0.2) is 0 Å². The third-order valence-corrected chi connectivity index (χ3v) is 2.99. The van der Waals surface area contributed by atoms with Gasteiger partial charge in [0.2, 0.25) is 0 Å². The van der Waals surface area contributed by atoms with Crippen molar-refractivity contribution in [3.05, 3.63) is 35.4 Å². The minimum absolute atomic E-state index is 0.843. The highest BCUT2D eigenvalue weighted by molar-refractivity contribution is 5.32. The molecule has 1 unspecified atom stereocenters. The van der Waals surface area contributed by atoms with Crippen molar-refractivity contribution in [1.29, 1.82) is 0 Å². The highest BCUT2D eigenvalue weighted by atomic mass is 14.2. The van der Waals surface area contributed by atoms with Gasteiger partial charge in [-0.1, -0.05) is 86.6 Å². The first kappa shape index (κ1) is 24.3. The quantitative estimate of drug-likeness (QED) is 0.496. The van der Waals surface area contributed by atoms with Crippen molar-refractivity contribution in [1.82, 2.24) is 0 Å². The van der Waals surface area contributed by atoms with Gasteiger partial charge in [-0.2, -0.15) is 0 Å². The molecule has 1 aliphatic rings.